The Balaban J connectivity index is 1.20. The molecule has 156 valence electrons. The number of hydrogen-bond acceptors (Lipinski definition) is 4. The van der Waals surface area contributed by atoms with E-state index in [2.05, 4.69) is 12.2 Å². The topological polar surface area (TPSA) is 63.7 Å². The Bertz CT molecular complexity index is 1100. The van der Waals surface area contributed by atoms with Crippen LogP contribution in [0, 0.1) is 42.4 Å². The molecular weight excluding hydrogens is 390 g/mol. The van der Waals surface area contributed by atoms with Crippen molar-refractivity contribution in [3.8, 4) is 5.75 Å². The predicted octanol–water partition coefficient (Wildman–Crippen LogP) is 3.81. The number of allylic oxidation sites excluding steroid dienone is 2. The number of carbonyl (C=O) groups is 3. The molecule has 1 heterocycles. The quantitative estimate of drug-likeness (QED) is 0.425. The van der Waals surface area contributed by atoms with Crippen LogP contribution in [0.3, 0.4) is 0 Å². The van der Waals surface area contributed by atoms with Gasteiger partial charge in [-0.1, -0.05) is 48.0 Å². The third-order valence-electron chi connectivity index (χ3n) is 7.48. The number of ether oxygens (including phenoxy) is 1. The van der Waals surface area contributed by atoms with E-state index in [1.165, 1.54) is 4.90 Å². The van der Waals surface area contributed by atoms with Crippen molar-refractivity contribution >= 4 is 23.3 Å². The van der Waals surface area contributed by atoms with Crippen molar-refractivity contribution in [1.82, 2.24) is 0 Å². The first kappa shape index (κ1) is 18.6. The monoisotopic (exact) mass is 413 g/mol. The maximum atomic E-state index is 13.3. The van der Waals surface area contributed by atoms with Crippen molar-refractivity contribution in [2.45, 2.75) is 13.3 Å². The third kappa shape index (κ3) is 2.79. The van der Waals surface area contributed by atoms with E-state index < -0.39 is 0 Å². The maximum absolute atomic E-state index is 13.3. The fourth-order valence-corrected chi connectivity index (χ4v) is 5.90. The molecule has 6 atom stereocenters. The van der Waals surface area contributed by atoms with Crippen LogP contribution in [0.4, 0.5) is 5.69 Å². The van der Waals surface area contributed by atoms with Crippen LogP contribution in [0.2, 0.25) is 0 Å². The largest absolute Gasteiger partial charge is 0.485 e. The summed E-state index contributed by atoms with van der Waals surface area (Å²) in [5, 5.41) is 0. The van der Waals surface area contributed by atoms with Gasteiger partial charge in [-0.05, 0) is 49.1 Å². The zero-order valence-corrected chi connectivity index (χ0v) is 17.2. The van der Waals surface area contributed by atoms with Crippen LogP contribution < -0.4 is 9.64 Å². The Hall–Kier alpha value is -3.21. The molecule has 5 aliphatic rings. The van der Waals surface area contributed by atoms with Crippen LogP contribution in [0.1, 0.15) is 22.3 Å². The van der Waals surface area contributed by atoms with Crippen LogP contribution in [-0.2, 0) is 9.59 Å². The molecule has 2 amide bonds. The number of ketones is 1. The van der Waals surface area contributed by atoms with E-state index >= 15 is 0 Å². The van der Waals surface area contributed by atoms with Crippen molar-refractivity contribution < 1.29 is 19.1 Å². The lowest BCUT2D eigenvalue weighted by Crippen LogP contribution is -2.40. The van der Waals surface area contributed by atoms with Crippen molar-refractivity contribution in [1.29, 1.82) is 0 Å². The van der Waals surface area contributed by atoms with Gasteiger partial charge in [-0.2, -0.15) is 0 Å². The first-order valence-corrected chi connectivity index (χ1v) is 10.9. The lowest BCUT2D eigenvalue weighted by molar-refractivity contribution is -0.124. The summed E-state index contributed by atoms with van der Waals surface area (Å²) in [6, 6.07) is 14.3. The molecule has 1 saturated heterocycles. The molecule has 3 fully saturated rings. The Labute approximate surface area is 180 Å². The molecular formula is C26H23NO4. The summed E-state index contributed by atoms with van der Waals surface area (Å²) in [7, 11) is 0. The maximum Gasteiger partial charge on any atom is 0.238 e. The fraction of sp³-hybridized carbons (Fsp3) is 0.346. The second kappa shape index (κ2) is 6.64. The molecule has 31 heavy (non-hydrogen) atoms. The van der Waals surface area contributed by atoms with Crippen LogP contribution in [-0.4, -0.2) is 24.2 Å². The standard InChI is InChI=1S/C26H23NO4/c1-14-5-7-15(8-6-14)22(28)13-31-17-4-2-3-16(11-17)27-25(29)23-18-9-10-19(21-12-20(18)21)24(23)26(27)30/h2-11,18-21,23-24H,12-13H2,1H3/t18-,19-,20-,21-,23-,24+/m0/s1. The van der Waals surface area contributed by atoms with E-state index in [9.17, 15) is 14.4 Å². The molecule has 4 aliphatic carbocycles. The minimum atomic E-state index is -0.223. The van der Waals surface area contributed by atoms with Gasteiger partial charge in [-0.3, -0.25) is 14.4 Å². The van der Waals surface area contributed by atoms with Crippen LogP contribution >= 0.6 is 0 Å². The molecule has 2 bridgehead atoms. The number of benzene rings is 2. The molecule has 2 saturated carbocycles. The molecule has 1 aliphatic heterocycles. The first-order valence-electron chi connectivity index (χ1n) is 10.9. The number of hydrogen-bond donors (Lipinski definition) is 0. The van der Waals surface area contributed by atoms with Crippen LogP contribution in [0.25, 0.3) is 0 Å². The number of anilines is 1. The van der Waals surface area contributed by atoms with Crippen LogP contribution in [0.15, 0.2) is 60.7 Å². The van der Waals surface area contributed by atoms with E-state index in [0.717, 1.165) is 12.0 Å². The number of amides is 2. The minimum absolute atomic E-state index is 0.0902. The van der Waals surface area contributed by atoms with Gasteiger partial charge in [0.2, 0.25) is 11.8 Å². The average molecular weight is 413 g/mol. The second-order valence-electron chi connectivity index (χ2n) is 9.24. The first-order chi connectivity index (χ1) is 15.0. The highest BCUT2D eigenvalue weighted by Gasteiger charge is 2.67. The summed E-state index contributed by atoms with van der Waals surface area (Å²) in [5.41, 5.74) is 2.21. The summed E-state index contributed by atoms with van der Waals surface area (Å²) in [6.07, 6.45) is 5.49. The number of rotatable bonds is 5. The highest BCUT2D eigenvalue weighted by atomic mass is 16.5. The summed E-state index contributed by atoms with van der Waals surface area (Å²) >= 11 is 0. The van der Waals surface area contributed by atoms with Gasteiger partial charge in [-0.25, -0.2) is 4.90 Å². The Kier molecular flexibility index (Phi) is 3.98. The third-order valence-corrected chi connectivity index (χ3v) is 7.48. The van der Waals surface area contributed by atoms with Gasteiger partial charge in [0, 0.05) is 11.6 Å². The molecule has 2 aromatic carbocycles. The molecule has 0 aromatic heterocycles. The van der Waals surface area contributed by atoms with Gasteiger partial charge in [0.15, 0.2) is 12.4 Å². The van der Waals surface area contributed by atoms with Gasteiger partial charge < -0.3 is 4.74 Å². The predicted molar refractivity (Wildman–Crippen MR) is 115 cm³/mol. The van der Waals surface area contributed by atoms with Crippen LogP contribution in [0.5, 0.6) is 5.75 Å². The van der Waals surface area contributed by atoms with Gasteiger partial charge in [0.05, 0.1) is 17.5 Å². The molecule has 0 radical (unpaired) electrons. The normalized spacial score (nSPS) is 32.1. The van der Waals surface area contributed by atoms with Crippen molar-refractivity contribution in [2.24, 2.45) is 35.5 Å². The van der Waals surface area contributed by atoms with Gasteiger partial charge in [0.1, 0.15) is 5.75 Å². The number of carbonyl (C=O) groups excluding carboxylic acids is 3. The molecule has 0 unspecified atom stereocenters. The molecule has 0 N–H and O–H groups in total. The van der Waals surface area contributed by atoms with Gasteiger partial charge >= 0.3 is 0 Å². The number of imide groups is 1. The minimum Gasteiger partial charge on any atom is -0.485 e. The number of aryl methyl sites for hydroxylation is 1. The molecule has 5 nitrogen and oxygen atoms in total. The smallest absolute Gasteiger partial charge is 0.238 e. The SMILES string of the molecule is Cc1ccc(C(=O)COc2cccc(N3C(=O)[C@@H]4[C@H]5C=C[C@@H]([C@@H]6C[C@@H]56)[C@@H]4C3=O)c2)cc1. The number of nitrogens with zero attached hydrogens (tertiary/aromatic N) is 1. The number of Topliss-reactive ketones (excluding diaryl/α,β-unsaturated/α-hetero) is 1. The summed E-state index contributed by atoms with van der Waals surface area (Å²) in [5.74, 6) is 1.29. The summed E-state index contributed by atoms with van der Waals surface area (Å²) in [4.78, 5) is 40.3. The Morgan fingerprint density at radius 3 is 2.26 bits per heavy atom. The highest BCUT2D eigenvalue weighted by Crippen LogP contribution is 2.65. The fourth-order valence-electron chi connectivity index (χ4n) is 5.90. The Morgan fingerprint density at radius 1 is 0.968 bits per heavy atom. The van der Waals surface area contributed by atoms with Crippen molar-refractivity contribution in [2.75, 3.05) is 11.5 Å². The second-order valence-corrected chi connectivity index (χ2v) is 9.24. The van der Waals surface area contributed by atoms with E-state index in [4.69, 9.17) is 4.74 Å². The van der Waals surface area contributed by atoms with Crippen molar-refractivity contribution in [3.05, 3.63) is 71.8 Å². The Morgan fingerprint density at radius 2 is 1.61 bits per heavy atom. The van der Waals surface area contributed by atoms with E-state index in [-0.39, 0.29) is 47.9 Å². The lowest BCUT2D eigenvalue weighted by Gasteiger charge is -2.37. The molecule has 0 spiro atoms. The van der Waals surface area contributed by atoms with Gasteiger partial charge in [-0.15, -0.1) is 0 Å². The summed E-state index contributed by atoms with van der Waals surface area (Å²) < 4.78 is 5.71. The zero-order valence-electron chi connectivity index (χ0n) is 17.2. The molecule has 7 rings (SSSR count). The average Bonchev–Trinajstić information content (AvgIpc) is 3.56. The zero-order chi connectivity index (χ0) is 21.3. The van der Waals surface area contributed by atoms with E-state index in [1.54, 1.807) is 36.4 Å². The summed E-state index contributed by atoms with van der Waals surface area (Å²) in [6.45, 7) is 1.87. The lowest BCUT2D eigenvalue weighted by atomic mass is 9.63. The van der Waals surface area contributed by atoms with E-state index in [1.807, 2.05) is 19.1 Å². The van der Waals surface area contributed by atoms with Crippen molar-refractivity contribution in [3.63, 3.8) is 0 Å². The van der Waals surface area contributed by atoms with Gasteiger partial charge in [0.25, 0.3) is 0 Å². The molecule has 2 aromatic rings. The highest BCUT2D eigenvalue weighted by molar-refractivity contribution is 6.22. The van der Waals surface area contributed by atoms with E-state index in [0.29, 0.717) is 28.8 Å². The molecule has 5 heteroatoms.